The monoisotopic (exact) mass is 515 g/mol. The number of likely N-dealkylation sites (tertiary alicyclic amines) is 1. The molecule has 4 nitrogen and oxygen atoms in total. The van der Waals surface area contributed by atoms with E-state index in [1.54, 1.807) is 12.5 Å². The van der Waals surface area contributed by atoms with Crippen LogP contribution in [0.3, 0.4) is 0 Å². The summed E-state index contributed by atoms with van der Waals surface area (Å²) >= 11 is 2.20. The second-order valence-electron chi connectivity index (χ2n) is 13.5. The number of furan rings is 1. The van der Waals surface area contributed by atoms with Crippen molar-refractivity contribution in [2.75, 3.05) is 38.6 Å². The summed E-state index contributed by atoms with van der Waals surface area (Å²) in [7, 11) is 0. The fraction of sp³-hybridized carbons (Fsp3) is 0.871. The van der Waals surface area contributed by atoms with Gasteiger partial charge in [-0.2, -0.15) is 11.8 Å². The second-order valence-corrected chi connectivity index (χ2v) is 14.9. The Bertz CT molecular complexity index is 871. The van der Waals surface area contributed by atoms with Crippen LogP contribution < -0.4 is 0 Å². The molecule has 202 valence electrons. The molecular formula is C31H49NO3S. The summed E-state index contributed by atoms with van der Waals surface area (Å²) < 4.78 is 11.4. The number of ether oxygens (including phenoxy) is 1. The van der Waals surface area contributed by atoms with Crippen LogP contribution in [0.15, 0.2) is 23.0 Å². The molecule has 8 atom stereocenters. The third-order valence-corrected chi connectivity index (χ3v) is 13.4. The van der Waals surface area contributed by atoms with Crippen LogP contribution in [-0.2, 0) is 10.3 Å². The molecule has 0 radical (unpaired) electrons. The highest BCUT2D eigenvalue weighted by molar-refractivity contribution is 7.99. The normalized spacial score (nSPS) is 44.8. The molecule has 0 aromatic carbocycles. The molecule has 1 N–H and O–H groups in total. The molecule has 0 spiro atoms. The number of hydrogen-bond donors (Lipinski definition) is 1. The molecule has 1 aliphatic heterocycles. The van der Waals surface area contributed by atoms with E-state index < -0.39 is 5.60 Å². The lowest BCUT2D eigenvalue weighted by Crippen LogP contribution is -2.56. The van der Waals surface area contributed by atoms with Crippen molar-refractivity contribution in [1.82, 2.24) is 4.90 Å². The molecule has 5 heteroatoms. The standard InChI is InChI=1S/C31H49NO3S/c1-29-11-7-25(36-20-19-34-18-16-32-14-3-4-15-32)21-23(29)5-6-26-27(29)8-12-30(2)28(26)9-13-31(30,33)24-10-17-35-22-24/h10,17,22-23,25-28,33H,3-9,11-16,18-21H2,1-2H3/t23-,25+,26-,27+,28+,29+,30+,31-/m1/s1. The highest BCUT2D eigenvalue weighted by Crippen LogP contribution is 2.70. The van der Waals surface area contributed by atoms with Crippen LogP contribution in [0.1, 0.15) is 90.0 Å². The first kappa shape index (κ1) is 25.8. The summed E-state index contributed by atoms with van der Waals surface area (Å²) in [6.07, 6.45) is 17.8. The molecule has 2 heterocycles. The molecule has 0 unspecified atom stereocenters. The zero-order valence-corrected chi connectivity index (χ0v) is 23.6. The van der Waals surface area contributed by atoms with E-state index in [4.69, 9.17) is 9.15 Å². The van der Waals surface area contributed by atoms with Gasteiger partial charge in [0.1, 0.15) is 0 Å². The van der Waals surface area contributed by atoms with E-state index in [2.05, 4.69) is 30.5 Å². The van der Waals surface area contributed by atoms with Crippen LogP contribution in [0.25, 0.3) is 0 Å². The highest BCUT2D eigenvalue weighted by Gasteiger charge is 2.65. The summed E-state index contributed by atoms with van der Waals surface area (Å²) in [6.45, 7) is 10.6. The van der Waals surface area contributed by atoms with Gasteiger partial charge < -0.3 is 19.2 Å². The SMILES string of the molecule is C[C@]12CC[C@H](SCCOCCN3CCCC3)C[C@H]1CC[C@@H]1[C@@H]2CC[C@@]2(C)[C@H]1CC[C@@]2(O)c1ccoc1. The first-order valence-corrected chi connectivity index (χ1v) is 16.2. The summed E-state index contributed by atoms with van der Waals surface area (Å²) in [5, 5.41) is 12.8. The lowest BCUT2D eigenvalue weighted by molar-refractivity contribution is -0.154. The van der Waals surface area contributed by atoms with Crippen molar-refractivity contribution in [3.05, 3.63) is 24.2 Å². The summed E-state index contributed by atoms with van der Waals surface area (Å²) in [5.41, 5.74) is 0.800. The van der Waals surface area contributed by atoms with Gasteiger partial charge in [0, 0.05) is 28.5 Å². The van der Waals surface area contributed by atoms with E-state index in [9.17, 15) is 5.11 Å². The van der Waals surface area contributed by atoms with Crippen LogP contribution >= 0.6 is 11.8 Å². The van der Waals surface area contributed by atoms with E-state index in [0.29, 0.717) is 11.3 Å². The number of fused-ring (bicyclic) bond motifs is 5. The van der Waals surface area contributed by atoms with Gasteiger partial charge in [-0.1, -0.05) is 13.8 Å². The number of rotatable bonds is 8. The average molecular weight is 516 g/mol. The Hall–Kier alpha value is -0.490. The van der Waals surface area contributed by atoms with Gasteiger partial charge in [0.2, 0.25) is 0 Å². The van der Waals surface area contributed by atoms with Gasteiger partial charge in [-0.05, 0) is 119 Å². The Balaban J connectivity index is 1.02. The number of thioether (sulfide) groups is 1. The molecule has 1 aromatic heterocycles. The zero-order chi connectivity index (χ0) is 24.8. The van der Waals surface area contributed by atoms with E-state index >= 15 is 0 Å². The van der Waals surface area contributed by atoms with Crippen LogP contribution in [0.5, 0.6) is 0 Å². The predicted octanol–water partition coefficient (Wildman–Crippen LogP) is 6.72. The van der Waals surface area contributed by atoms with E-state index in [1.807, 2.05) is 6.07 Å². The van der Waals surface area contributed by atoms with Crippen molar-refractivity contribution in [3.63, 3.8) is 0 Å². The minimum atomic E-state index is -0.710. The smallest absolute Gasteiger partial charge is 0.0983 e. The van der Waals surface area contributed by atoms with E-state index in [1.165, 1.54) is 70.9 Å². The maximum atomic E-state index is 11.9. The maximum Gasteiger partial charge on any atom is 0.0983 e. The lowest BCUT2D eigenvalue weighted by atomic mass is 9.44. The van der Waals surface area contributed by atoms with Gasteiger partial charge >= 0.3 is 0 Å². The Labute approximate surface area is 223 Å². The molecule has 4 saturated carbocycles. The van der Waals surface area contributed by atoms with E-state index in [-0.39, 0.29) is 5.41 Å². The summed E-state index contributed by atoms with van der Waals surface area (Å²) in [5.74, 6) is 4.34. The summed E-state index contributed by atoms with van der Waals surface area (Å²) in [4.78, 5) is 2.54. The van der Waals surface area contributed by atoms with Crippen molar-refractivity contribution in [3.8, 4) is 0 Å². The maximum absolute atomic E-state index is 11.9. The molecule has 0 bridgehead atoms. The molecule has 5 aliphatic rings. The highest BCUT2D eigenvalue weighted by atomic mass is 32.2. The van der Waals surface area contributed by atoms with Gasteiger partial charge in [-0.3, -0.25) is 0 Å². The predicted molar refractivity (Wildman–Crippen MR) is 147 cm³/mol. The number of hydrogen-bond acceptors (Lipinski definition) is 5. The molecule has 0 amide bonds. The number of aliphatic hydroxyl groups is 1. The number of nitrogens with zero attached hydrogens (tertiary/aromatic N) is 1. The fourth-order valence-corrected chi connectivity index (χ4v) is 11.1. The molecule has 6 rings (SSSR count). The molecule has 1 aromatic rings. The van der Waals surface area contributed by atoms with Gasteiger partial charge in [-0.25, -0.2) is 0 Å². The van der Waals surface area contributed by atoms with Crippen LogP contribution in [0.4, 0.5) is 0 Å². The molecule has 36 heavy (non-hydrogen) atoms. The topological polar surface area (TPSA) is 45.8 Å². The van der Waals surface area contributed by atoms with Gasteiger partial charge in [0.15, 0.2) is 0 Å². The first-order valence-electron chi connectivity index (χ1n) is 15.1. The lowest BCUT2D eigenvalue weighted by Gasteiger charge is -2.61. The van der Waals surface area contributed by atoms with Gasteiger partial charge in [0.05, 0.1) is 31.3 Å². The van der Waals surface area contributed by atoms with Crippen molar-refractivity contribution < 1.29 is 14.3 Å². The Morgan fingerprint density at radius 1 is 1.03 bits per heavy atom. The third kappa shape index (κ3) is 4.32. The first-order chi connectivity index (χ1) is 17.4. The van der Waals surface area contributed by atoms with Crippen molar-refractivity contribution in [2.45, 2.75) is 95.3 Å². The zero-order valence-electron chi connectivity index (χ0n) is 22.8. The minimum Gasteiger partial charge on any atom is -0.472 e. The Morgan fingerprint density at radius 3 is 2.67 bits per heavy atom. The fourth-order valence-electron chi connectivity index (χ4n) is 9.94. The second kappa shape index (κ2) is 10.2. The van der Waals surface area contributed by atoms with Crippen molar-refractivity contribution in [1.29, 1.82) is 0 Å². The Kier molecular flexibility index (Phi) is 7.33. The van der Waals surface area contributed by atoms with Crippen molar-refractivity contribution >= 4 is 11.8 Å². The minimum absolute atomic E-state index is 0.0108. The van der Waals surface area contributed by atoms with Gasteiger partial charge in [0.25, 0.3) is 0 Å². The van der Waals surface area contributed by atoms with E-state index in [0.717, 1.165) is 66.9 Å². The van der Waals surface area contributed by atoms with Crippen LogP contribution in [-0.4, -0.2) is 53.9 Å². The van der Waals surface area contributed by atoms with Crippen molar-refractivity contribution in [2.24, 2.45) is 34.5 Å². The van der Waals surface area contributed by atoms with Crippen LogP contribution in [0, 0.1) is 34.5 Å². The third-order valence-electron chi connectivity index (χ3n) is 12.1. The Morgan fingerprint density at radius 2 is 1.86 bits per heavy atom. The molecule has 5 fully saturated rings. The van der Waals surface area contributed by atoms with Gasteiger partial charge in [-0.15, -0.1) is 0 Å². The van der Waals surface area contributed by atoms with Crippen LogP contribution in [0.2, 0.25) is 0 Å². The summed E-state index contributed by atoms with van der Waals surface area (Å²) in [6, 6.07) is 2.01. The molecular weight excluding hydrogens is 466 g/mol. The largest absolute Gasteiger partial charge is 0.472 e. The molecule has 1 saturated heterocycles. The average Bonchev–Trinajstić information content (AvgIpc) is 3.64. The molecule has 4 aliphatic carbocycles. The quantitative estimate of drug-likeness (QED) is 0.389.